The van der Waals surface area contributed by atoms with Gasteiger partial charge in [-0.2, -0.15) is 0 Å². The van der Waals surface area contributed by atoms with Gasteiger partial charge >= 0.3 is 0 Å². The highest BCUT2D eigenvalue weighted by Gasteiger charge is 2.37. The summed E-state index contributed by atoms with van der Waals surface area (Å²) >= 11 is 0. The van der Waals surface area contributed by atoms with Crippen molar-refractivity contribution in [3.05, 3.63) is 12.2 Å². The van der Waals surface area contributed by atoms with E-state index in [0.29, 0.717) is 24.8 Å². The largest absolute Gasteiger partial charge is 0.378 e. The molecule has 2 nitrogen and oxygen atoms in total. The Bertz CT molecular complexity index is 220. The molecule has 1 N–H and O–H groups in total. The van der Waals surface area contributed by atoms with Crippen LogP contribution in [0.4, 0.5) is 0 Å². The lowest BCUT2D eigenvalue weighted by atomic mass is 9.85. The first kappa shape index (κ1) is 10.5. The summed E-state index contributed by atoms with van der Waals surface area (Å²) in [6, 6.07) is 0. The van der Waals surface area contributed by atoms with Crippen molar-refractivity contribution in [2.24, 2.45) is 0 Å². The molecule has 0 amide bonds. The fourth-order valence-electron chi connectivity index (χ4n) is 1.86. The minimum Gasteiger partial charge on any atom is -0.378 e. The Morgan fingerprint density at radius 2 is 2.23 bits per heavy atom. The summed E-state index contributed by atoms with van der Waals surface area (Å²) in [4.78, 5) is 11.6. The molecule has 1 aliphatic rings. The average molecular weight is 182 g/mol. The minimum absolute atomic E-state index is 0.0307. The van der Waals surface area contributed by atoms with Crippen LogP contribution in [0.3, 0.4) is 0 Å². The normalized spacial score (nSPS) is 29.8. The lowest BCUT2D eigenvalue weighted by molar-refractivity contribution is -0.133. The Labute approximate surface area is 79.6 Å². The van der Waals surface area contributed by atoms with Crippen LogP contribution in [0.15, 0.2) is 12.2 Å². The van der Waals surface area contributed by atoms with E-state index in [1.807, 2.05) is 6.92 Å². The molecule has 74 valence electrons. The second-order valence-electron chi connectivity index (χ2n) is 3.80. The van der Waals surface area contributed by atoms with Gasteiger partial charge in [0.05, 0.1) is 0 Å². The number of hydrogen-bond donors (Lipinski definition) is 1. The SMILES string of the molecule is C=C(CC)C1(O)CCCCCC1=O. The van der Waals surface area contributed by atoms with Gasteiger partial charge in [-0.1, -0.05) is 19.9 Å². The predicted molar refractivity (Wildman–Crippen MR) is 52.5 cm³/mol. The molecule has 0 aliphatic heterocycles. The summed E-state index contributed by atoms with van der Waals surface area (Å²) in [5.41, 5.74) is -0.523. The highest BCUT2D eigenvalue weighted by atomic mass is 16.3. The Balaban J connectivity index is 2.82. The second-order valence-corrected chi connectivity index (χ2v) is 3.80. The summed E-state index contributed by atoms with van der Waals surface area (Å²) in [6.45, 7) is 5.72. The van der Waals surface area contributed by atoms with Crippen molar-refractivity contribution in [1.29, 1.82) is 0 Å². The first-order chi connectivity index (χ1) is 6.11. The van der Waals surface area contributed by atoms with Crippen molar-refractivity contribution < 1.29 is 9.90 Å². The summed E-state index contributed by atoms with van der Waals surface area (Å²) in [5, 5.41) is 10.1. The van der Waals surface area contributed by atoms with Crippen LogP contribution in [0.2, 0.25) is 0 Å². The number of rotatable bonds is 2. The average Bonchev–Trinajstić information content (AvgIpc) is 2.29. The van der Waals surface area contributed by atoms with Crippen LogP contribution in [0.5, 0.6) is 0 Å². The van der Waals surface area contributed by atoms with Crippen molar-refractivity contribution in [3.8, 4) is 0 Å². The fraction of sp³-hybridized carbons (Fsp3) is 0.727. The van der Waals surface area contributed by atoms with Crippen LogP contribution in [0, 0.1) is 0 Å². The molecule has 1 rings (SSSR count). The molecule has 2 heteroatoms. The van der Waals surface area contributed by atoms with Crippen LogP contribution in [-0.4, -0.2) is 16.5 Å². The highest BCUT2D eigenvalue weighted by Crippen LogP contribution is 2.30. The molecule has 0 heterocycles. The van der Waals surface area contributed by atoms with Crippen molar-refractivity contribution in [1.82, 2.24) is 0 Å². The molecule has 0 aromatic rings. The van der Waals surface area contributed by atoms with E-state index in [1.54, 1.807) is 0 Å². The topological polar surface area (TPSA) is 37.3 Å². The van der Waals surface area contributed by atoms with Gasteiger partial charge in [-0.15, -0.1) is 0 Å². The molecule has 0 spiro atoms. The van der Waals surface area contributed by atoms with Gasteiger partial charge in [-0.25, -0.2) is 0 Å². The van der Waals surface area contributed by atoms with Crippen LogP contribution in [-0.2, 0) is 4.79 Å². The summed E-state index contributed by atoms with van der Waals surface area (Å²) in [7, 11) is 0. The minimum atomic E-state index is -1.20. The van der Waals surface area contributed by atoms with Crippen molar-refractivity contribution in [2.45, 2.75) is 51.0 Å². The number of carbonyl (C=O) groups is 1. The highest BCUT2D eigenvalue weighted by molar-refractivity contribution is 5.90. The van der Waals surface area contributed by atoms with Crippen LogP contribution < -0.4 is 0 Å². The fourth-order valence-corrected chi connectivity index (χ4v) is 1.86. The molecule has 13 heavy (non-hydrogen) atoms. The summed E-state index contributed by atoms with van der Waals surface area (Å²) < 4.78 is 0. The van der Waals surface area contributed by atoms with Crippen molar-refractivity contribution >= 4 is 5.78 Å². The van der Waals surface area contributed by atoms with E-state index in [-0.39, 0.29) is 5.78 Å². The molecule has 0 radical (unpaired) electrons. The molecule has 1 unspecified atom stereocenters. The van der Waals surface area contributed by atoms with E-state index in [2.05, 4.69) is 6.58 Å². The van der Waals surface area contributed by atoms with Gasteiger partial charge < -0.3 is 5.11 Å². The molecule has 0 bridgehead atoms. The molecule has 0 saturated heterocycles. The zero-order valence-electron chi connectivity index (χ0n) is 8.31. The second kappa shape index (κ2) is 4.05. The first-order valence-electron chi connectivity index (χ1n) is 5.05. The lowest BCUT2D eigenvalue weighted by Crippen LogP contribution is -2.39. The van der Waals surface area contributed by atoms with E-state index in [1.165, 1.54) is 0 Å². The smallest absolute Gasteiger partial charge is 0.168 e. The predicted octanol–water partition coefficient (Wildman–Crippen LogP) is 2.22. The third-order valence-electron chi connectivity index (χ3n) is 2.92. The van der Waals surface area contributed by atoms with Gasteiger partial charge in [0.2, 0.25) is 0 Å². The number of aliphatic hydroxyl groups is 1. The third-order valence-corrected chi connectivity index (χ3v) is 2.92. The maximum absolute atomic E-state index is 11.6. The van der Waals surface area contributed by atoms with Crippen LogP contribution in [0.25, 0.3) is 0 Å². The van der Waals surface area contributed by atoms with E-state index >= 15 is 0 Å². The van der Waals surface area contributed by atoms with E-state index in [0.717, 1.165) is 19.3 Å². The van der Waals surface area contributed by atoms with Gasteiger partial charge in [0.25, 0.3) is 0 Å². The number of Topliss-reactive ketones (excluding diaryl/α,β-unsaturated/α-hetero) is 1. The quantitative estimate of drug-likeness (QED) is 0.525. The molecular weight excluding hydrogens is 164 g/mol. The molecule has 1 atom stereocenters. The van der Waals surface area contributed by atoms with Crippen molar-refractivity contribution in [3.63, 3.8) is 0 Å². The van der Waals surface area contributed by atoms with Crippen LogP contribution >= 0.6 is 0 Å². The zero-order valence-corrected chi connectivity index (χ0v) is 8.31. The molecule has 1 aliphatic carbocycles. The Hall–Kier alpha value is -0.630. The van der Waals surface area contributed by atoms with Gasteiger partial charge in [0.1, 0.15) is 5.60 Å². The van der Waals surface area contributed by atoms with Crippen molar-refractivity contribution in [2.75, 3.05) is 0 Å². The third kappa shape index (κ3) is 1.99. The Morgan fingerprint density at radius 3 is 2.85 bits per heavy atom. The Morgan fingerprint density at radius 1 is 1.54 bits per heavy atom. The monoisotopic (exact) mass is 182 g/mol. The maximum Gasteiger partial charge on any atom is 0.168 e. The molecular formula is C11H18O2. The van der Waals surface area contributed by atoms with Gasteiger partial charge in [-0.05, 0) is 31.3 Å². The number of carbonyl (C=O) groups excluding carboxylic acids is 1. The molecule has 0 aromatic carbocycles. The van der Waals surface area contributed by atoms with E-state index < -0.39 is 5.60 Å². The molecule has 1 saturated carbocycles. The first-order valence-corrected chi connectivity index (χ1v) is 5.05. The van der Waals surface area contributed by atoms with E-state index in [9.17, 15) is 9.90 Å². The van der Waals surface area contributed by atoms with Crippen LogP contribution in [0.1, 0.15) is 45.4 Å². The molecule has 0 aromatic heterocycles. The lowest BCUT2D eigenvalue weighted by Gasteiger charge is -2.26. The summed E-state index contributed by atoms with van der Waals surface area (Å²) in [6.07, 6.45) is 4.65. The van der Waals surface area contributed by atoms with Gasteiger partial charge in [-0.3, -0.25) is 4.79 Å². The van der Waals surface area contributed by atoms with Gasteiger partial charge in [0, 0.05) is 6.42 Å². The number of hydrogen-bond acceptors (Lipinski definition) is 2. The maximum atomic E-state index is 11.6. The zero-order chi connectivity index (χ0) is 9.90. The number of ketones is 1. The van der Waals surface area contributed by atoms with E-state index in [4.69, 9.17) is 0 Å². The Kier molecular flexibility index (Phi) is 3.26. The standard InChI is InChI=1S/C11H18O2/c1-3-9(2)11(13)8-6-4-5-7-10(11)12/h13H,2-8H2,1H3. The van der Waals surface area contributed by atoms with Gasteiger partial charge in [0.15, 0.2) is 5.78 Å². The molecule has 1 fully saturated rings. The summed E-state index contributed by atoms with van der Waals surface area (Å²) in [5.74, 6) is -0.0307.